The summed E-state index contributed by atoms with van der Waals surface area (Å²) in [4.78, 5) is 19.5. The van der Waals surface area contributed by atoms with Crippen LogP contribution in [-0.2, 0) is 11.3 Å². The highest BCUT2D eigenvalue weighted by atomic mass is 35.5. The van der Waals surface area contributed by atoms with Crippen LogP contribution in [0.5, 0.6) is 11.5 Å². The number of piperidine rings is 1. The number of ether oxygens (including phenoxy) is 1. The third kappa shape index (κ3) is 6.05. The summed E-state index contributed by atoms with van der Waals surface area (Å²) in [6, 6.07) is 22.1. The molecule has 0 aliphatic carbocycles. The monoisotopic (exact) mass is 522 g/mol. The van der Waals surface area contributed by atoms with E-state index in [-0.39, 0.29) is 11.8 Å². The molecule has 0 spiro atoms. The molecule has 3 aromatic carbocycles. The minimum absolute atomic E-state index is 0.0313. The third-order valence-corrected chi connectivity index (χ3v) is 6.61. The highest BCUT2D eigenvalue weighted by Gasteiger charge is 2.26. The predicted molar refractivity (Wildman–Crippen MR) is 139 cm³/mol. The van der Waals surface area contributed by atoms with E-state index in [0.29, 0.717) is 33.9 Å². The van der Waals surface area contributed by atoms with Crippen molar-refractivity contribution in [2.75, 3.05) is 18.4 Å². The first-order valence-corrected chi connectivity index (χ1v) is 12.4. The largest absolute Gasteiger partial charge is 0.457 e. The van der Waals surface area contributed by atoms with Gasteiger partial charge in [0.15, 0.2) is 0 Å². The Hall–Kier alpha value is -3.39. The summed E-state index contributed by atoms with van der Waals surface area (Å²) in [6.07, 6.45) is 1.51. The number of halogens is 2. The lowest BCUT2D eigenvalue weighted by Gasteiger charge is -2.30. The molecule has 1 fully saturated rings. The van der Waals surface area contributed by atoms with Crippen LogP contribution < -0.4 is 10.1 Å². The highest BCUT2D eigenvalue weighted by molar-refractivity contribution is 6.36. The van der Waals surface area contributed by atoms with Gasteiger partial charge in [-0.15, -0.1) is 0 Å². The third-order valence-electron chi connectivity index (χ3n) is 6.06. The van der Waals surface area contributed by atoms with E-state index < -0.39 is 0 Å². The summed E-state index contributed by atoms with van der Waals surface area (Å²) in [6.45, 7) is 2.05. The molecule has 1 aromatic heterocycles. The molecule has 1 N–H and O–H groups in total. The first kappa shape index (κ1) is 24.3. The van der Waals surface area contributed by atoms with Gasteiger partial charge in [-0.2, -0.15) is 4.98 Å². The van der Waals surface area contributed by atoms with Gasteiger partial charge in [-0.05, 0) is 80.5 Å². The topological polar surface area (TPSA) is 80.5 Å². The van der Waals surface area contributed by atoms with Crippen LogP contribution in [0.1, 0.15) is 18.7 Å². The number of aromatic nitrogens is 2. The molecule has 5 rings (SSSR count). The van der Waals surface area contributed by atoms with Gasteiger partial charge in [0.05, 0.1) is 11.6 Å². The van der Waals surface area contributed by atoms with Crippen LogP contribution in [0.15, 0.2) is 77.3 Å². The second kappa shape index (κ2) is 11.1. The normalized spacial score (nSPS) is 14.5. The first-order chi connectivity index (χ1) is 17.5. The maximum atomic E-state index is 12.8. The van der Waals surface area contributed by atoms with E-state index in [1.807, 2.05) is 54.6 Å². The van der Waals surface area contributed by atoms with Crippen LogP contribution in [-0.4, -0.2) is 34.0 Å². The Morgan fingerprint density at radius 1 is 1.00 bits per heavy atom. The number of likely N-dealkylation sites (tertiary alicyclic amines) is 1. The number of benzene rings is 3. The summed E-state index contributed by atoms with van der Waals surface area (Å²) < 4.78 is 11.2. The molecule has 1 aliphatic heterocycles. The van der Waals surface area contributed by atoms with Crippen LogP contribution in [0.25, 0.3) is 11.4 Å². The molecule has 184 valence electrons. The lowest BCUT2D eigenvalue weighted by Crippen LogP contribution is -2.37. The van der Waals surface area contributed by atoms with E-state index in [1.165, 1.54) is 0 Å². The minimum atomic E-state index is -0.0485. The van der Waals surface area contributed by atoms with Gasteiger partial charge in [0.2, 0.25) is 17.6 Å². The maximum Gasteiger partial charge on any atom is 0.241 e. The number of carbonyl (C=O) groups excluding carboxylic acids is 1. The van der Waals surface area contributed by atoms with Gasteiger partial charge < -0.3 is 14.6 Å². The number of hydrogen-bond donors (Lipinski definition) is 1. The molecule has 36 heavy (non-hydrogen) atoms. The zero-order chi connectivity index (χ0) is 24.9. The molecule has 1 aliphatic rings. The van der Waals surface area contributed by atoms with Gasteiger partial charge in [0, 0.05) is 22.2 Å². The maximum absolute atomic E-state index is 12.8. The van der Waals surface area contributed by atoms with Crippen molar-refractivity contribution >= 4 is 34.8 Å². The predicted octanol–water partition coefficient (Wildman–Crippen LogP) is 6.69. The Bertz CT molecular complexity index is 1320. The molecule has 0 saturated carbocycles. The van der Waals surface area contributed by atoms with E-state index in [1.54, 1.807) is 18.2 Å². The fourth-order valence-electron chi connectivity index (χ4n) is 4.12. The Kier molecular flexibility index (Phi) is 7.51. The van der Waals surface area contributed by atoms with Crippen molar-refractivity contribution in [2.45, 2.75) is 19.4 Å². The molecule has 1 saturated heterocycles. The zero-order valence-corrected chi connectivity index (χ0v) is 20.9. The number of hydrogen-bond acceptors (Lipinski definition) is 6. The number of carbonyl (C=O) groups is 1. The van der Waals surface area contributed by atoms with Crippen molar-refractivity contribution in [1.82, 2.24) is 15.0 Å². The summed E-state index contributed by atoms with van der Waals surface area (Å²) >= 11 is 12.2. The average molecular weight is 523 g/mol. The molecule has 7 nitrogen and oxygen atoms in total. The molecule has 1 amide bonds. The summed E-state index contributed by atoms with van der Waals surface area (Å²) in [5.41, 5.74) is 1.42. The van der Waals surface area contributed by atoms with E-state index in [9.17, 15) is 4.79 Å². The summed E-state index contributed by atoms with van der Waals surface area (Å²) in [5, 5.41) is 8.09. The van der Waals surface area contributed by atoms with Crippen molar-refractivity contribution < 1.29 is 14.1 Å². The van der Waals surface area contributed by atoms with Crippen LogP contribution in [0.2, 0.25) is 10.0 Å². The Morgan fingerprint density at radius 3 is 2.44 bits per heavy atom. The van der Waals surface area contributed by atoms with Crippen LogP contribution in [0.4, 0.5) is 5.69 Å². The van der Waals surface area contributed by atoms with E-state index >= 15 is 0 Å². The van der Waals surface area contributed by atoms with E-state index in [2.05, 4.69) is 20.4 Å². The number of nitrogens with one attached hydrogen (secondary N) is 1. The Labute approximate surface area is 219 Å². The van der Waals surface area contributed by atoms with Gasteiger partial charge in [-0.1, -0.05) is 46.6 Å². The highest BCUT2D eigenvalue weighted by Crippen LogP contribution is 2.29. The van der Waals surface area contributed by atoms with Crippen molar-refractivity contribution in [1.29, 1.82) is 0 Å². The molecule has 4 aromatic rings. The quantitative estimate of drug-likeness (QED) is 0.291. The molecule has 0 atom stereocenters. The fraction of sp³-hybridized carbons (Fsp3) is 0.222. The van der Waals surface area contributed by atoms with Crippen molar-refractivity contribution in [3.05, 3.63) is 88.7 Å². The second-order valence-electron chi connectivity index (χ2n) is 8.62. The molecule has 9 heteroatoms. The second-order valence-corrected chi connectivity index (χ2v) is 9.46. The average Bonchev–Trinajstić information content (AvgIpc) is 3.34. The Balaban J connectivity index is 1.10. The molecule has 0 unspecified atom stereocenters. The van der Waals surface area contributed by atoms with Crippen molar-refractivity contribution in [3.8, 4) is 22.9 Å². The lowest BCUT2D eigenvalue weighted by molar-refractivity contribution is -0.121. The lowest BCUT2D eigenvalue weighted by atomic mass is 9.96. The van der Waals surface area contributed by atoms with Gasteiger partial charge >= 0.3 is 0 Å². The van der Waals surface area contributed by atoms with Gasteiger partial charge in [0.25, 0.3) is 0 Å². The fourth-order valence-corrected chi connectivity index (χ4v) is 4.61. The molecular weight excluding hydrogens is 499 g/mol. The van der Waals surface area contributed by atoms with Crippen LogP contribution >= 0.6 is 23.2 Å². The molecule has 0 bridgehead atoms. The van der Waals surface area contributed by atoms with Gasteiger partial charge in [-0.3, -0.25) is 9.69 Å². The van der Waals surface area contributed by atoms with Crippen LogP contribution in [0.3, 0.4) is 0 Å². The van der Waals surface area contributed by atoms with Crippen LogP contribution in [0, 0.1) is 5.92 Å². The van der Waals surface area contributed by atoms with Crippen molar-refractivity contribution in [3.63, 3.8) is 0 Å². The number of nitrogens with zero attached hydrogens (tertiary/aromatic N) is 3. The molecular formula is C27H24Cl2N4O3. The first-order valence-electron chi connectivity index (χ1n) is 11.7. The number of para-hydroxylation sites is 1. The summed E-state index contributed by atoms with van der Waals surface area (Å²) in [7, 11) is 0. The van der Waals surface area contributed by atoms with Gasteiger partial charge in [0.1, 0.15) is 11.5 Å². The SMILES string of the molecule is O=C(Nc1ccc(Oc2ccccc2)cc1)C1CCN(Cc2nc(-c3ccc(Cl)cc3Cl)no2)CC1. The molecule has 0 radical (unpaired) electrons. The number of amides is 1. The van der Waals surface area contributed by atoms with E-state index in [4.69, 9.17) is 32.5 Å². The Morgan fingerprint density at radius 2 is 1.72 bits per heavy atom. The smallest absolute Gasteiger partial charge is 0.241 e. The minimum Gasteiger partial charge on any atom is -0.457 e. The zero-order valence-electron chi connectivity index (χ0n) is 19.4. The summed E-state index contributed by atoms with van der Waals surface area (Å²) in [5.74, 6) is 2.41. The van der Waals surface area contributed by atoms with E-state index in [0.717, 1.165) is 43.1 Å². The van der Waals surface area contributed by atoms with Crippen molar-refractivity contribution in [2.24, 2.45) is 5.92 Å². The standard InChI is InChI=1S/C27H24Cl2N4O3/c28-19-6-11-23(24(29)16-19)26-31-25(36-32-26)17-33-14-12-18(13-15-33)27(34)30-20-7-9-22(10-8-20)35-21-4-2-1-3-5-21/h1-11,16,18H,12-15,17H2,(H,30,34). The molecule has 2 heterocycles. The number of rotatable bonds is 7. The van der Waals surface area contributed by atoms with Gasteiger partial charge in [-0.25, -0.2) is 0 Å². The number of anilines is 1.